The summed E-state index contributed by atoms with van der Waals surface area (Å²) in [4.78, 5) is 2.28. The summed E-state index contributed by atoms with van der Waals surface area (Å²) in [6, 6.07) is 4.83. The van der Waals surface area contributed by atoms with E-state index >= 15 is 0 Å². The van der Waals surface area contributed by atoms with Gasteiger partial charge in [0.1, 0.15) is 11.6 Å². The highest BCUT2D eigenvalue weighted by molar-refractivity contribution is 5.39. The normalized spacial score (nSPS) is 19.3. The molecule has 0 heterocycles. The Kier molecular flexibility index (Phi) is 4.66. The van der Waals surface area contributed by atoms with E-state index in [1.165, 1.54) is 18.9 Å². The van der Waals surface area contributed by atoms with Crippen LogP contribution in [-0.4, -0.2) is 38.7 Å². The zero-order valence-electron chi connectivity index (χ0n) is 12.9. The molecule has 20 heavy (non-hydrogen) atoms. The van der Waals surface area contributed by atoms with Crippen LogP contribution in [0, 0.1) is 5.82 Å². The number of hydrogen-bond donors (Lipinski definition) is 1. The summed E-state index contributed by atoms with van der Waals surface area (Å²) in [5.74, 6) is 0.534. The molecule has 0 radical (unpaired) electrons. The van der Waals surface area contributed by atoms with Crippen LogP contribution >= 0.6 is 0 Å². The van der Waals surface area contributed by atoms with Crippen molar-refractivity contribution >= 4 is 0 Å². The van der Waals surface area contributed by atoms with Gasteiger partial charge in [0.25, 0.3) is 0 Å². The van der Waals surface area contributed by atoms with Gasteiger partial charge in [0, 0.05) is 11.1 Å². The van der Waals surface area contributed by atoms with E-state index in [2.05, 4.69) is 24.3 Å². The molecule has 1 atom stereocenters. The molecule has 1 aromatic rings. The molecule has 1 aliphatic rings. The SMILES string of the molecule is CNC(c1cc(F)ccc1OC)C1(N(C)C)CCCC1. The van der Waals surface area contributed by atoms with Gasteiger partial charge in [-0.1, -0.05) is 12.8 Å². The molecule has 4 heteroatoms. The third-order valence-electron chi connectivity index (χ3n) is 4.69. The van der Waals surface area contributed by atoms with E-state index < -0.39 is 0 Å². The minimum absolute atomic E-state index is 0.0236. The average Bonchev–Trinajstić information content (AvgIpc) is 2.91. The van der Waals surface area contributed by atoms with Crippen LogP contribution in [0.5, 0.6) is 5.75 Å². The Bertz CT molecular complexity index is 456. The van der Waals surface area contributed by atoms with Gasteiger partial charge in [-0.15, -0.1) is 0 Å². The van der Waals surface area contributed by atoms with Gasteiger partial charge in [-0.2, -0.15) is 0 Å². The number of ether oxygens (including phenoxy) is 1. The maximum absolute atomic E-state index is 13.7. The molecule has 0 saturated heterocycles. The molecular formula is C16H25FN2O. The van der Waals surface area contributed by atoms with Crippen molar-refractivity contribution in [1.29, 1.82) is 0 Å². The lowest BCUT2D eigenvalue weighted by molar-refractivity contribution is 0.107. The first-order chi connectivity index (χ1) is 9.55. The monoisotopic (exact) mass is 280 g/mol. The van der Waals surface area contributed by atoms with Crippen molar-refractivity contribution in [2.45, 2.75) is 37.3 Å². The summed E-state index contributed by atoms with van der Waals surface area (Å²) in [5, 5.41) is 3.40. The predicted molar refractivity (Wildman–Crippen MR) is 79.6 cm³/mol. The Balaban J connectivity index is 2.48. The summed E-state index contributed by atoms with van der Waals surface area (Å²) in [6.45, 7) is 0. The van der Waals surface area contributed by atoms with Gasteiger partial charge in [0.15, 0.2) is 0 Å². The van der Waals surface area contributed by atoms with Gasteiger partial charge >= 0.3 is 0 Å². The topological polar surface area (TPSA) is 24.5 Å². The number of rotatable bonds is 5. The van der Waals surface area contributed by atoms with Crippen molar-refractivity contribution in [1.82, 2.24) is 10.2 Å². The van der Waals surface area contributed by atoms with E-state index in [0.29, 0.717) is 0 Å². The van der Waals surface area contributed by atoms with E-state index in [1.54, 1.807) is 19.2 Å². The molecule has 0 bridgehead atoms. The first kappa shape index (κ1) is 15.3. The summed E-state index contributed by atoms with van der Waals surface area (Å²) >= 11 is 0. The van der Waals surface area contributed by atoms with E-state index in [0.717, 1.165) is 24.2 Å². The summed E-state index contributed by atoms with van der Waals surface area (Å²) < 4.78 is 19.1. The second kappa shape index (κ2) is 6.10. The lowest BCUT2D eigenvalue weighted by Gasteiger charge is -2.43. The van der Waals surface area contributed by atoms with Gasteiger partial charge in [0.05, 0.1) is 13.2 Å². The van der Waals surface area contributed by atoms with Crippen LogP contribution in [0.25, 0.3) is 0 Å². The number of hydrogen-bond acceptors (Lipinski definition) is 3. The van der Waals surface area contributed by atoms with Crippen LogP contribution < -0.4 is 10.1 Å². The average molecular weight is 280 g/mol. The number of nitrogens with one attached hydrogen (secondary N) is 1. The highest BCUT2D eigenvalue weighted by atomic mass is 19.1. The Hall–Kier alpha value is -1.13. The molecule has 1 unspecified atom stereocenters. The Morgan fingerprint density at radius 3 is 2.45 bits per heavy atom. The second-order valence-corrected chi connectivity index (χ2v) is 5.81. The molecular weight excluding hydrogens is 255 g/mol. The highest BCUT2D eigenvalue weighted by Gasteiger charge is 2.44. The van der Waals surface area contributed by atoms with E-state index in [4.69, 9.17) is 4.74 Å². The lowest BCUT2D eigenvalue weighted by Crippen LogP contribution is -2.51. The first-order valence-corrected chi connectivity index (χ1v) is 7.23. The highest BCUT2D eigenvalue weighted by Crippen LogP contribution is 2.45. The molecule has 1 fully saturated rings. The van der Waals surface area contributed by atoms with Crippen LogP contribution in [0.2, 0.25) is 0 Å². The van der Waals surface area contributed by atoms with Gasteiger partial charge in [-0.05, 0) is 52.2 Å². The van der Waals surface area contributed by atoms with Gasteiger partial charge in [-0.25, -0.2) is 4.39 Å². The molecule has 2 rings (SSSR count). The molecule has 0 aliphatic heterocycles. The van der Waals surface area contributed by atoms with Gasteiger partial charge in [0.2, 0.25) is 0 Å². The van der Waals surface area contributed by atoms with Crippen molar-refractivity contribution in [3.63, 3.8) is 0 Å². The number of benzene rings is 1. The van der Waals surface area contributed by atoms with Crippen molar-refractivity contribution in [2.75, 3.05) is 28.3 Å². The second-order valence-electron chi connectivity index (χ2n) is 5.81. The largest absolute Gasteiger partial charge is 0.496 e. The fourth-order valence-corrected chi connectivity index (χ4v) is 3.63. The molecule has 0 amide bonds. The zero-order chi connectivity index (χ0) is 14.8. The van der Waals surface area contributed by atoms with Crippen molar-refractivity contribution in [2.24, 2.45) is 0 Å². The summed E-state index contributed by atoms with van der Waals surface area (Å²) in [6.07, 6.45) is 4.67. The number of methoxy groups -OCH3 is 1. The lowest BCUT2D eigenvalue weighted by atomic mass is 9.82. The minimum Gasteiger partial charge on any atom is -0.496 e. The maximum atomic E-state index is 13.7. The fourth-order valence-electron chi connectivity index (χ4n) is 3.63. The fraction of sp³-hybridized carbons (Fsp3) is 0.625. The number of likely N-dealkylation sites (N-methyl/N-ethyl adjacent to an activating group) is 2. The van der Waals surface area contributed by atoms with E-state index in [-0.39, 0.29) is 17.4 Å². The predicted octanol–water partition coefficient (Wildman–Crippen LogP) is 2.97. The molecule has 1 aliphatic carbocycles. The van der Waals surface area contributed by atoms with E-state index in [9.17, 15) is 4.39 Å². The molecule has 3 nitrogen and oxygen atoms in total. The van der Waals surface area contributed by atoms with Crippen LogP contribution in [0.1, 0.15) is 37.3 Å². The smallest absolute Gasteiger partial charge is 0.123 e. The van der Waals surface area contributed by atoms with E-state index in [1.807, 2.05) is 7.05 Å². The van der Waals surface area contributed by atoms with Crippen LogP contribution in [-0.2, 0) is 0 Å². The quantitative estimate of drug-likeness (QED) is 0.897. The summed E-state index contributed by atoms with van der Waals surface area (Å²) in [7, 11) is 7.81. The maximum Gasteiger partial charge on any atom is 0.123 e. The number of halogens is 1. The van der Waals surface area contributed by atoms with Crippen LogP contribution in [0.3, 0.4) is 0 Å². The molecule has 0 spiro atoms. The Morgan fingerprint density at radius 1 is 1.30 bits per heavy atom. The molecule has 1 N–H and O–H groups in total. The van der Waals surface area contributed by atoms with Crippen LogP contribution in [0.4, 0.5) is 4.39 Å². The van der Waals surface area contributed by atoms with Crippen LogP contribution in [0.15, 0.2) is 18.2 Å². The van der Waals surface area contributed by atoms with Crippen molar-refractivity contribution in [3.05, 3.63) is 29.6 Å². The Morgan fingerprint density at radius 2 is 1.95 bits per heavy atom. The summed E-state index contributed by atoms with van der Waals surface area (Å²) in [5.41, 5.74) is 0.932. The zero-order valence-corrected chi connectivity index (χ0v) is 12.9. The minimum atomic E-state index is -0.215. The molecule has 112 valence electrons. The molecule has 1 aromatic carbocycles. The molecule has 0 aromatic heterocycles. The third kappa shape index (κ3) is 2.54. The molecule has 1 saturated carbocycles. The van der Waals surface area contributed by atoms with Gasteiger partial charge < -0.3 is 15.0 Å². The number of nitrogens with zero attached hydrogens (tertiary/aromatic N) is 1. The Labute approximate surface area is 121 Å². The third-order valence-corrected chi connectivity index (χ3v) is 4.69. The van der Waals surface area contributed by atoms with Gasteiger partial charge in [-0.3, -0.25) is 0 Å². The van der Waals surface area contributed by atoms with Crippen molar-refractivity contribution in [3.8, 4) is 5.75 Å². The first-order valence-electron chi connectivity index (χ1n) is 7.23. The standard InChI is InChI=1S/C16H25FN2O/c1-18-15(16(19(2)3)9-5-6-10-16)13-11-12(17)7-8-14(13)20-4/h7-8,11,15,18H,5-6,9-10H2,1-4H3. The van der Waals surface area contributed by atoms with Crippen molar-refractivity contribution < 1.29 is 9.13 Å².